The molecule has 0 aliphatic rings. The molecule has 0 radical (unpaired) electrons. The van der Waals surface area contributed by atoms with Crippen molar-refractivity contribution in [3.05, 3.63) is 49.1 Å². The molecule has 20 heavy (non-hydrogen) atoms. The average molecular weight is 266 g/mol. The summed E-state index contributed by atoms with van der Waals surface area (Å²) >= 11 is 0. The first kappa shape index (κ1) is 27.4. The predicted octanol–water partition coefficient (Wildman–Crippen LogP) is -6.46. The molecule has 0 bridgehead atoms. The van der Waals surface area contributed by atoms with Crippen LogP contribution < -0.4 is 47.9 Å². The molecule has 0 unspecified atom stereocenters. The number of pyridine rings is 2. The molecule has 8 heteroatoms. The zero-order valence-corrected chi connectivity index (χ0v) is 12.2. The van der Waals surface area contributed by atoms with Crippen LogP contribution in [0.1, 0.15) is 0 Å². The maximum atomic E-state index is 10.2. The summed E-state index contributed by atoms with van der Waals surface area (Å²) in [5.74, 6) is 0.0185. The van der Waals surface area contributed by atoms with Crippen molar-refractivity contribution in [2.24, 2.45) is 0 Å². The quantitative estimate of drug-likeness (QED) is 0.458. The molecular weight excluding hydrogens is 250 g/mol. The van der Waals surface area contributed by atoms with Gasteiger partial charge in [-0.15, -0.1) is 11.5 Å². The molecule has 0 atom stereocenters. The molecule has 2 heterocycles. The van der Waals surface area contributed by atoms with Gasteiger partial charge in [0.15, 0.2) is 0 Å². The van der Waals surface area contributed by atoms with E-state index >= 15 is 0 Å². The Kier molecular flexibility index (Phi) is 31.7. The van der Waals surface area contributed by atoms with Crippen LogP contribution in [0.2, 0.25) is 0 Å². The van der Waals surface area contributed by atoms with Crippen LogP contribution >= 0.6 is 0 Å². The Morgan fingerprint density at radius 3 is 0.950 bits per heavy atom. The summed E-state index contributed by atoms with van der Waals surface area (Å²) in [5, 5.41) is 34.5. The molecule has 0 amide bonds. The van der Waals surface area contributed by atoms with Gasteiger partial charge in [-0.3, -0.25) is 9.97 Å². The number of nitrogens with zero attached hydrogens (tertiary/aromatic N) is 2. The molecule has 2 aromatic rings. The van der Waals surface area contributed by atoms with E-state index in [4.69, 9.17) is 10.2 Å². The average Bonchev–Trinajstić information content (AvgIpc) is 2.46. The molecule has 0 fully saturated rings. The van der Waals surface area contributed by atoms with E-state index in [0.717, 1.165) is 14.2 Å². The van der Waals surface area contributed by atoms with E-state index in [1.807, 2.05) is 0 Å². The summed E-state index contributed by atoms with van der Waals surface area (Å²) in [6.45, 7) is 0. The normalized spacial score (nSPS) is 6.60. The first-order valence-corrected chi connectivity index (χ1v) is 4.82. The van der Waals surface area contributed by atoms with Crippen LogP contribution in [-0.2, 0) is 0 Å². The Labute approximate surface area is 142 Å². The van der Waals surface area contributed by atoms with Crippen molar-refractivity contribution in [1.82, 2.24) is 9.97 Å². The van der Waals surface area contributed by atoms with Crippen LogP contribution in [0.15, 0.2) is 49.1 Å². The zero-order chi connectivity index (χ0) is 14.2. The zero-order valence-electron chi connectivity index (χ0n) is 12.2. The standard InChI is InChI=1S/2C5H5NO.2CH4O.2Li/c2*7-5-1-3-6-4-2-5;2*1-2;;/h2*1-4H,(H,6,7);2*2H,1H3;;/q;;;;2*+1/p-2. The van der Waals surface area contributed by atoms with Gasteiger partial charge < -0.3 is 20.4 Å². The van der Waals surface area contributed by atoms with Crippen LogP contribution in [0, 0.1) is 0 Å². The number of aliphatic hydroxyl groups is 2. The summed E-state index contributed by atoms with van der Waals surface area (Å²) in [5.41, 5.74) is 0. The van der Waals surface area contributed by atoms with E-state index in [-0.39, 0.29) is 49.2 Å². The largest absolute Gasteiger partial charge is 1.00 e. The van der Waals surface area contributed by atoms with E-state index in [9.17, 15) is 10.2 Å². The molecule has 2 rings (SSSR count). The molecule has 6 nitrogen and oxygen atoms in total. The molecule has 0 aliphatic carbocycles. The summed E-state index contributed by atoms with van der Waals surface area (Å²) in [6.07, 6.45) is 5.90. The van der Waals surface area contributed by atoms with E-state index in [1.54, 1.807) is 0 Å². The summed E-state index contributed by atoms with van der Waals surface area (Å²) in [4.78, 5) is 7.29. The van der Waals surface area contributed by atoms with Crippen molar-refractivity contribution < 1.29 is 58.1 Å². The van der Waals surface area contributed by atoms with E-state index in [2.05, 4.69) is 9.97 Å². The molecule has 0 aliphatic heterocycles. The van der Waals surface area contributed by atoms with Crippen molar-refractivity contribution in [3.8, 4) is 11.5 Å². The van der Waals surface area contributed by atoms with Crippen LogP contribution in [0.5, 0.6) is 11.5 Å². The number of hydrogen-bond acceptors (Lipinski definition) is 6. The van der Waals surface area contributed by atoms with Gasteiger partial charge in [0.25, 0.3) is 0 Å². The van der Waals surface area contributed by atoms with Crippen molar-refractivity contribution in [2.75, 3.05) is 14.2 Å². The van der Waals surface area contributed by atoms with Crippen LogP contribution in [0.3, 0.4) is 0 Å². The maximum absolute atomic E-state index is 10.2. The Bertz CT molecular complexity index is 329. The van der Waals surface area contributed by atoms with Gasteiger partial charge in [-0.05, 0) is 0 Å². The Morgan fingerprint density at radius 1 is 0.650 bits per heavy atom. The minimum Gasteiger partial charge on any atom is -0.872 e. The van der Waals surface area contributed by atoms with Crippen LogP contribution in [0.25, 0.3) is 0 Å². The van der Waals surface area contributed by atoms with Gasteiger partial charge >= 0.3 is 37.7 Å². The van der Waals surface area contributed by atoms with Crippen molar-refractivity contribution >= 4 is 0 Å². The molecule has 2 aromatic heterocycles. The van der Waals surface area contributed by atoms with E-state index < -0.39 is 0 Å². The van der Waals surface area contributed by atoms with Crippen molar-refractivity contribution in [1.29, 1.82) is 0 Å². The summed E-state index contributed by atoms with van der Waals surface area (Å²) in [6, 6.07) is 5.67. The number of hydrogen-bond donors (Lipinski definition) is 2. The van der Waals surface area contributed by atoms with Gasteiger partial charge in [0.2, 0.25) is 0 Å². The van der Waals surface area contributed by atoms with Gasteiger partial charge in [0.1, 0.15) is 0 Å². The predicted molar refractivity (Wildman–Crippen MR) is 63.7 cm³/mol. The SMILES string of the molecule is CO.CO.[Li+].[Li+].[O-]c1ccncc1.[O-]c1ccncc1. The smallest absolute Gasteiger partial charge is 0.872 e. The van der Waals surface area contributed by atoms with Crippen molar-refractivity contribution in [3.63, 3.8) is 0 Å². The van der Waals surface area contributed by atoms with Gasteiger partial charge in [-0.2, -0.15) is 0 Å². The number of aliphatic hydroxyl groups excluding tert-OH is 2. The Balaban J connectivity index is -0.0000000950. The molecule has 0 aromatic carbocycles. The first-order chi connectivity index (χ1) is 8.79. The maximum Gasteiger partial charge on any atom is 1.00 e. The van der Waals surface area contributed by atoms with Gasteiger partial charge in [0.05, 0.1) is 0 Å². The fourth-order valence-electron chi connectivity index (χ4n) is 0.676. The van der Waals surface area contributed by atoms with E-state index in [0.29, 0.717) is 0 Å². The fraction of sp³-hybridized carbons (Fsp3) is 0.167. The second-order valence-electron chi connectivity index (χ2n) is 2.37. The molecule has 100 valence electrons. The third-order valence-electron chi connectivity index (χ3n) is 1.30. The van der Waals surface area contributed by atoms with Crippen LogP contribution in [0.4, 0.5) is 0 Å². The fourth-order valence-corrected chi connectivity index (χ4v) is 0.676. The number of aromatic nitrogens is 2. The topological polar surface area (TPSA) is 112 Å². The molecule has 0 saturated carbocycles. The summed E-state index contributed by atoms with van der Waals surface area (Å²) in [7, 11) is 2.00. The second-order valence-corrected chi connectivity index (χ2v) is 2.37. The van der Waals surface area contributed by atoms with Gasteiger partial charge in [-0.1, -0.05) is 24.3 Å². The Hall–Kier alpha value is -0.985. The van der Waals surface area contributed by atoms with Crippen molar-refractivity contribution in [2.45, 2.75) is 0 Å². The monoisotopic (exact) mass is 266 g/mol. The van der Waals surface area contributed by atoms with E-state index in [1.165, 1.54) is 49.1 Å². The molecule has 0 spiro atoms. The molecular formula is C12H16Li2N2O4. The third-order valence-corrected chi connectivity index (χ3v) is 1.30. The van der Waals surface area contributed by atoms with Crippen LogP contribution in [-0.4, -0.2) is 34.4 Å². The Morgan fingerprint density at radius 2 is 0.850 bits per heavy atom. The van der Waals surface area contributed by atoms with Gasteiger partial charge in [-0.25, -0.2) is 0 Å². The number of rotatable bonds is 0. The third kappa shape index (κ3) is 19.4. The minimum atomic E-state index is 0. The minimum absolute atomic E-state index is 0. The summed E-state index contributed by atoms with van der Waals surface area (Å²) < 4.78 is 0. The second kappa shape index (κ2) is 23.1. The molecule has 2 N–H and O–H groups in total. The molecule has 0 saturated heterocycles. The first-order valence-electron chi connectivity index (χ1n) is 4.82. The van der Waals surface area contributed by atoms with Gasteiger partial charge in [0, 0.05) is 39.0 Å².